The van der Waals surface area contributed by atoms with Gasteiger partial charge in [0.15, 0.2) is 0 Å². The van der Waals surface area contributed by atoms with Crippen LogP contribution in [-0.2, 0) is 15.9 Å². The Hall–Kier alpha value is -2.91. The Balaban J connectivity index is 1.24. The van der Waals surface area contributed by atoms with E-state index in [1.807, 2.05) is 31.2 Å². The van der Waals surface area contributed by atoms with Crippen molar-refractivity contribution in [3.8, 4) is 11.3 Å². The maximum atomic E-state index is 6.27. The van der Waals surface area contributed by atoms with Crippen molar-refractivity contribution in [1.82, 2.24) is 14.9 Å². The van der Waals surface area contributed by atoms with Crippen molar-refractivity contribution in [2.24, 2.45) is 0 Å². The topological polar surface area (TPSA) is 97.6 Å². The molecule has 0 aliphatic carbocycles. The van der Waals surface area contributed by atoms with Crippen molar-refractivity contribution in [3.05, 3.63) is 64.7 Å². The van der Waals surface area contributed by atoms with Gasteiger partial charge in [-0.1, -0.05) is 35.9 Å². The van der Waals surface area contributed by atoms with Crippen molar-refractivity contribution in [3.63, 3.8) is 0 Å². The Kier molecular flexibility index (Phi) is 8.54. The number of nitrogens with one attached hydrogen (secondary N) is 2. The molecule has 9 heteroatoms. The van der Waals surface area contributed by atoms with Crippen LogP contribution in [0.1, 0.15) is 11.1 Å². The molecule has 1 saturated heterocycles. The third kappa shape index (κ3) is 6.80. The molecule has 0 bridgehead atoms. The number of rotatable bonds is 10. The molecule has 8 nitrogen and oxygen atoms in total. The average Bonchev–Trinajstić information content (AvgIpc) is 2.85. The number of anilines is 3. The molecule has 0 saturated carbocycles. The zero-order chi connectivity index (χ0) is 23.8. The molecule has 0 amide bonds. The highest BCUT2D eigenvalue weighted by atomic mass is 35.5. The van der Waals surface area contributed by atoms with Crippen LogP contribution in [0.3, 0.4) is 0 Å². The zero-order valence-electron chi connectivity index (χ0n) is 19.4. The molecule has 0 atom stereocenters. The minimum absolute atomic E-state index is 0.227. The van der Waals surface area contributed by atoms with Crippen molar-refractivity contribution in [1.29, 1.82) is 0 Å². The van der Waals surface area contributed by atoms with E-state index < -0.39 is 0 Å². The number of nitrogen functional groups attached to an aromatic ring is 1. The summed E-state index contributed by atoms with van der Waals surface area (Å²) >= 11 is 6.27. The number of nitrogens with zero attached hydrogens (tertiary/aromatic N) is 3. The number of nitrogens with two attached hydrogens (primary N) is 1. The second-order valence-electron chi connectivity index (χ2n) is 8.17. The molecule has 4 N–H and O–H groups in total. The molecule has 4 rings (SSSR count). The van der Waals surface area contributed by atoms with Gasteiger partial charge in [-0.15, -0.1) is 0 Å². The SMILES string of the molecule is Cc1c(Cl)cccc1-c1cc(NCCc2ccc(NCOCN3CCOCC3)cc2)nc(N)n1. The summed E-state index contributed by atoms with van der Waals surface area (Å²) in [7, 11) is 0. The van der Waals surface area contributed by atoms with Crippen LogP contribution in [-0.4, -0.2) is 61.2 Å². The van der Waals surface area contributed by atoms with E-state index >= 15 is 0 Å². The van der Waals surface area contributed by atoms with Crippen LogP contribution in [0.4, 0.5) is 17.5 Å². The highest BCUT2D eigenvalue weighted by Crippen LogP contribution is 2.28. The summed E-state index contributed by atoms with van der Waals surface area (Å²) in [5.41, 5.74) is 10.9. The van der Waals surface area contributed by atoms with Gasteiger partial charge in [-0.05, 0) is 42.7 Å². The van der Waals surface area contributed by atoms with Crippen molar-refractivity contribution in [2.75, 3.05) is 62.7 Å². The molecule has 1 aliphatic heterocycles. The first-order chi connectivity index (χ1) is 16.6. The lowest BCUT2D eigenvalue weighted by Gasteiger charge is -2.26. The quantitative estimate of drug-likeness (QED) is 0.294. The van der Waals surface area contributed by atoms with E-state index in [0.29, 0.717) is 24.3 Å². The predicted octanol–water partition coefficient (Wildman–Crippen LogP) is 4.02. The fourth-order valence-corrected chi connectivity index (χ4v) is 3.92. The van der Waals surface area contributed by atoms with Gasteiger partial charge in [-0.3, -0.25) is 4.90 Å². The van der Waals surface area contributed by atoms with Crippen molar-refractivity contribution in [2.45, 2.75) is 13.3 Å². The standard InChI is InChI=1S/C25H31ClN6O2/c1-18-21(3-2-4-22(18)26)23-15-24(31-25(27)30-23)28-10-9-19-5-7-20(8-6-19)29-16-34-17-32-11-13-33-14-12-32/h2-8,15,29H,9-14,16-17H2,1H3,(H3,27,28,30,31). The average molecular weight is 483 g/mol. The second-order valence-corrected chi connectivity index (χ2v) is 8.57. The number of hydrogen-bond acceptors (Lipinski definition) is 8. The lowest BCUT2D eigenvalue weighted by molar-refractivity contribution is -0.0283. The largest absolute Gasteiger partial charge is 0.379 e. The summed E-state index contributed by atoms with van der Waals surface area (Å²) < 4.78 is 11.0. The van der Waals surface area contributed by atoms with Crippen molar-refractivity contribution < 1.29 is 9.47 Å². The van der Waals surface area contributed by atoms with E-state index in [1.54, 1.807) is 0 Å². The van der Waals surface area contributed by atoms with E-state index in [2.05, 4.69) is 49.8 Å². The van der Waals surface area contributed by atoms with Crippen LogP contribution in [0.15, 0.2) is 48.5 Å². The number of halogens is 1. The Morgan fingerprint density at radius 3 is 2.68 bits per heavy atom. The normalized spacial score (nSPS) is 14.2. The molecule has 180 valence electrons. The van der Waals surface area contributed by atoms with E-state index in [4.69, 9.17) is 26.8 Å². The summed E-state index contributed by atoms with van der Waals surface area (Å²) in [5.74, 6) is 0.920. The molecule has 0 spiro atoms. The third-order valence-corrected chi connectivity index (χ3v) is 6.13. The molecule has 1 aromatic heterocycles. The Morgan fingerprint density at radius 1 is 1.09 bits per heavy atom. The summed E-state index contributed by atoms with van der Waals surface area (Å²) in [5, 5.41) is 7.35. The molecular formula is C25H31ClN6O2. The lowest BCUT2D eigenvalue weighted by Crippen LogP contribution is -2.38. The first kappa shape index (κ1) is 24.2. The molecule has 34 heavy (non-hydrogen) atoms. The first-order valence-electron chi connectivity index (χ1n) is 11.4. The van der Waals surface area contributed by atoms with Gasteiger partial charge in [0, 0.05) is 42.0 Å². The van der Waals surface area contributed by atoms with Crippen LogP contribution < -0.4 is 16.4 Å². The Bertz CT molecular complexity index is 1070. The van der Waals surface area contributed by atoms with E-state index in [0.717, 1.165) is 61.8 Å². The predicted molar refractivity (Wildman–Crippen MR) is 137 cm³/mol. The monoisotopic (exact) mass is 482 g/mol. The van der Waals surface area contributed by atoms with Gasteiger partial charge in [-0.2, -0.15) is 4.98 Å². The van der Waals surface area contributed by atoms with Crippen LogP contribution in [0.5, 0.6) is 0 Å². The maximum absolute atomic E-state index is 6.27. The molecule has 3 aromatic rings. The highest BCUT2D eigenvalue weighted by Gasteiger charge is 2.10. The second kappa shape index (κ2) is 12.0. The van der Waals surface area contributed by atoms with Gasteiger partial charge in [0.1, 0.15) is 19.3 Å². The van der Waals surface area contributed by atoms with Gasteiger partial charge in [-0.25, -0.2) is 4.98 Å². The Morgan fingerprint density at radius 2 is 1.88 bits per heavy atom. The molecule has 1 fully saturated rings. The van der Waals surface area contributed by atoms with Crippen LogP contribution >= 0.6 is 11.6 Å². The molecule has 0 radical (unpaired) electrons. The van der Waals surface area contributed by atoms with Gasteiger partial charge >= 0.3 is 0 Å². The van der Waals surface area contributed by atoms with Gasteiger partial charge < -0.3 is 25.8 Å². The number of benzene rings is 2. The van der Waals surface area contributed by atoms with Crippen LogP contribution in [0, 0.1) is 6.92 Å². The number of aromatic nitrogens is 2. The van der Waals surface area contributed by atoms with E-state index in [1.165, 1.54) is 5.56 Å². The molecule has 2 aromatic carbocycles. The summed E-state index contributed by atoms with van der Waals surface area (Å²) in [4.78, 5) is 10.9. The smallest absolute Gasteiger partial charge is 0.222 e. The lowest BCUT2D eigenvalue weighted by atomic mass is 10.1. The highest BCUT2D eigenvalue weighted by molar-refractivity contribution is 6.31. The Labute approximate surface area is 205 Å². The minimum Gasteiger partial charge on any atom is -0.379 e. The molecule has 0 unspecified atom stereocenters. The summed E-state index contributed by atoms with van der Waals surface area (Å²) in [6.45, 7) is 7.19. The van der Waals surface area contributed by atoms with Crippen LogP contribution in [0.2, 0.25) is 5.02 Å². The summed E-state index contributed by atoms with van der Waals surface area (Å²) in [6, 6.07) is 16.0. The van der Waals surface area contributed by atoms with Crippen LogP contribution in [0.25, 0.3) is 11.3 Å². The van der Waals surface area contributed by atoms with E-state index in [9.17, 15) is 0 Å². The fourth-order valence-electron chi connectivity index (χ4n) is 3.74. The minimum atomic E-state index is 0.227. The van der Waals surface area contributed by atoms with Gasteiger partial charge in [0.25, 0.3) is 0 Å². The summed E-state index contributed by atoms with van der Waals surface area (Å²) in [6.07, 6.45) is 0.850. The van der Waals surface area contributed by atoms with Gasteiger partial charge in [0.05, 0.1) is 18.9 Å². The number of hydrogen-bond donors (Lipinski definition) is 3. The zero-order valence-corrected chi connectivity index (χ0v) is 20.1. The number of morpholine rings is 1. The fraction of sp³-hybridized carbons (Fsp3) is 0.360. The number of ether oxygens (including phenoxy) is 2. The molecule has 1 aliphatic rings. The maximum Gasteiger partial charge on any atom is 0.222 e. The van der Waals surface area contributed by atoms with Crippen molar-refractivity contribution >= 4 is 29.1 Å². The van der Waals surface area contributed by atoms with Gasteiger partial charge in [0.2, 0.25) is 5.95 Å². The first-order valence-corrected chi connectivity index (χ1v) is 11.8. The van der Waals surface area contributed by atoms with E-state index in [-0.39, 0.29) is 5.95 Å². The molecular weight excluding hydrogens is 452 g/mol. The third-order valence-electron chi connectivity index (χ3n) is 5.72. The molecule has 2 heterocycles.